The van der Waals surface area contributed by atoms with Crippen molar-refractivity contribution in [2.45, 2.75) is 31.8 Å². The second-order valence-electron chi connectivity index (χ2n) is 6.66. The Bertz CT molecular complexity index is 618. The minimum atomic E-state index is -0.828. The summed E-state index contributed by atoms with van der Waals surface area (Å²) in [6, 6.07) is 7.60. The first kappa shape index (κ1) is 24.2. The van der Waals surface area contributed by atoms with Crippen LogP contribution in [-0.4, -0.2) is 57.9 Å². The van der Waals surface area contributed by atoms with Crippen LogP contribution in [-0.2, 0) is 25.5 Å². The normalized spacial score (nSPS) is 16.4. The molecule has 158 valence electrons. The molecule has 1 heterocycles. The molecular weight excluding hydrogens is 384 g/mol. The van der Waals surface area contributed by atoms with Crippen molar-refractivity contribution in [2.24, 2.45) is 5.92 Å². The molecule has 0 aromatic heterocycles. The first-order valence-corrected chi connectivity index (χ1v) is 9.38. The van der Waals surface area contributed by atoms with Crippen molar-refractivity contribution >= 4 is 24.3 Å². The zero-order valence-electron chi connectivity index (χ0n) is 16.8. The van der Waals surface area contributed by atoms with Gasteiger partial charge in [0.1, 0.15) is 11.4 Å². The molecule has 1 aliphatic heterocycles. The van der Waals surface area contributed by atoms with Crippen molar-refractivity contribution in [3.8, 4) is 5.75 Å². The standard InChI is InChI=1S/C20H30N2O5.ClH/c1-4-27-17-7-5-15(6-8-17)13-16(18(23)25-2)14-22-19(24)20(26-3)9-11-21-12-10-20;/h5-8,16,21H,4,9-14H2,1-3H3,(H,22,24);1H. The minimum Gasteiger partial charge on any atom is -0.494 e. The highest BCUT2D eigenvalue weighted by molar-refractivity contribution is 5.86. The molecule has 0 saturated carbocycles. The van der Waals surface area contributed by atoms with E-state index in [0.717, 1.165) is 24.4 Å². The van der Waals surface area contributed by atoms with Crippen LogP contribution < -0.4 is 15.4 Å². The maximum absolute atomic E-state index is 12.7. The maximum Gasteiger partial charge on any atom is 0.310 e. The van der Waals surface area contributed by atoms with Crippen molar-refractivity contribution in [1.82, 2.24) is 10.6 Å². The zero-order valence-corrected chi connectivity index (χ0v) is 17.6. The van der Waals surface area contributed by atoms with Crippen LogP contribution in [0, 0.1) is 5.92 Å². The lowest BCUT2D eigenvalue weighted by molar-refractivity contribution is -0.149. The number of rotatable bonds is 9. The Balaban J connectivity index is 0.00000392. The average Bonchev–Trinajstić information content (AvgIpc) is 2.72. The van der Waals surface area contributed by atoms with Crippen molar-refractivity contribution < 1.29 is 23.8 Å². The lowest BCUT2D eigenvalue weighted by atomic mass is 9.90. The molecule has 8 heteroatoms. The van der Waals surface area contributed by atoms with Crippen LogP contribution in [0.25, 0.3) is 0 Å². The Hall–Kier alpha value is -1.83. The van der Waals surface area contributed by atoms with Gasteiger partial charge in [-0.3, -0.25) is 9.59 Å². The molecule has 1 atom stereocenters. The molecule has 1 amide bonds. The number of methoxy groups -OCH3 is 2. The van der Waals surface area contributed by atoms with Crippen LogP contribution in [0.1, 0.15) is 25.3 Å². The molecule has 1 unspecified atom stereocenters. The molecule has 28 heavy (non-hydrogen) atoms. The van der Waals surface area contributed by atoms with E-state index in [1.165, 1.54) is 7.11 Å². The quantitative estimate of drug-likeness (QED) is 0.598. The third-order valence-electron chi connectivity index (χ3n) is 4.98. The van der Waals surface area contributed by atoms with Gasteiger partial charge >= 0.3 is 5.97 Å². The van der Waals surface area contributed by atoms with E-state index in [0.29, 0.717) is 25.9 Å². The van der Waals surface area contributed by atoms with Crippen molar-refractivity contribution in [3.05, 3.63) is 29.8 Å². The van der Waals surface area contributed by atoms with Gasteiger partial charge in [-0.1, -0.05) is 12.1 Å². The smallest absolute Gasteiger partial charge is 0.310 e. The van der Waals surface area contributed by atoms with E-state index in [1.54, 1.807) is 7.11 Å². The number of benzene rings is 1. The number of ether oxygens (including phenoxy) is 3. The fourth-order valence-electron chi connectivity index (χ4n) is 3.31. The summed E-state index contributed by atoms with van der Waals surface area (Å²) in [7, 11) is 2.92. The van der Waals surface area contributed by atoms with Gasteiger partial charge in [-0.15, -0.1) is 12.4 Å². The predicted molar refractivity (Wildman–Crippen MR) is 109 cm³/mol. The highest BCUT2D eigenvalue weighted by Crippen LogP contribution is 2.23. The first-order chi connectivity index (χ1) is 13.0. The van der Waals surface area contributed by atoms with Gasteiger partial charge in [0, 0.05) is 13.7 Å². The number of carbonyl (C=O) groups is 2. The van der Waals surface area contributed by atoms with Gasteiger partial charge in [-0.25, -0.2) is 0 Å². The third-order valence-corrected chi connectivity index (χ3v) is 4.98. The number of piperidine rings is 1. The third kappa shape index (κ3) is 6.36. The highest BCUT2D eigenvalue weighted by Gasteiger charge is 2.40. The highest BCUT2D eigenvalue weighted by atomic mass is 35.5. The van der Waals surface area contributed by atoms with E-state index in [2.05, 4.69) is 10.6 Å². The molecule has 0 aliphatic carbocycles. The van der Waals surface area contributed by atoms with E-state index in [1.807, 2.05) is 31.2 Å². The van der Waals surface area contributed by atoms with Gasteiger partial charge in [0.25, 0.3) is 5.91 Å². The lowest BCUT2D eigenvalue weighted by Crippen LogP contribution is -2.55. The topological polar surface area (TPSA) is 85.9 Å². The van der Waals surface area contributed by atoms with Crippen LogP contribution in [0.4, 0.5) is 0 Å². The van der Waals surface area contributed by atoms with Crippen LogP contribution >= 0.6 is 12.4 Å². The summed E-state index contributed by atoms with van der Waals surface area (Å²) in [6.45, 7) is 4.20. The Morgan fingerprint density at radius 1 is 1.18 bits per heavy atom. The monoisotopic (exact) mass is 414 g/mol. The number of halogens is 1. The minimum absolute atomic E-state index is 0. The van der Waals surface area contributed by atoms with E-state index < -0.39 is 11.5 Å². The van der Waals surface area contributed by atoms with Gasteiger partial charge in [0.05, 0.1) is 19.6 Å². The molecule has 7 nitrogen and oxygen atoms in total. The molecule has 1 aromatic rings. The van der Waals surface area contributed by atoms with Crippen LogP contribution in [0.15, 0.2) is 24.3 Å². The number of esters is 1. The molecule has 0 radical (unpaired) electrons. The number of carbonyl (C=O) groups excluding carboxylic acids is 2. The van der Waals surface area contributed by atoms with Gasteiger partial charge in [-0.2, -0.15) is 0 Å². The molecule has 1 aromatic carbocycles. The summed E-state index contributed by atoms with van der Waals surface area (Å²) in [5.41, 5.74) is 0.150. The van der Waals surface area contributed by atoms with Crippen molar-refractivity contribution in [1.29, 1.82) is 0 Å². The second-order valence-corrected chi connectivity index (χ2v) is 6.66. The molecule has 1 fully saturated rings. The molecule has 1 aliphatic rings. The second kappa shape index (κ2) is 11.9. The number of amides is 1. The maximum atomic E-state index is 12.7. The van der Waals surface area contributed by atoms with Crippen LogP contribution in [0.3, 0.4) is 0 Å². The van der Waals surface area contributed by atoms with Crippen LogP contribution in [0.2, 0.25) is 0 Å². The SMILES string of the molecule is CCOc1ccc(CC(CNC(=O)C2(OC)CCNCC2)C(=O)OC)cc1.Cl. The molecule has 0 bridgehead atoms. The summed E-state index contributed by atoms with van der Waals surface area (Å²) in [5.74, 6) is -0.197. The number of hydrogen-bond acceptors (Lipinski definition) is 6. The lowest BCUT2D eigenvalue weighted by Gasteiger charge is -2.35. The Kier molecular flexibility index (Phi) is 10.3. The number of hydrogen-bond donors (Lipinski definition) is 2. The van der Waals surface area contributed by atoms with Crippen molar-refractivity contribution in [3.63, 3.8) is 0 Å². The zero-order chi connectivity index (χ0) is 19.7. The summed E-state index contributed by atoms with van der Waals surface area (Å²) in [6.07, 6.45) is 1.69. The van der Waals surface area contributed by atoms with Gasteiger partial charge in [0.2, 0.25) is 0 Å². The van der Waals surface area contributed by atoms with E-state index in [4.69, 9.17) is 14.2 Å². The largest absolute Gasteiger partial charge is 0.494 e. The summed E-state index contributed by atoms with van der Waals surface area (Å²) < 4.78 is 15.9. The van der Waals surface area contributed by atoms with Gasteiger partial charge < -0.3 is 24.8 Å². The Morgan fingerprint density at radius 3 is 2.36 bits per heavy atom. The molecule has 0 spiro atoms. The molecule has 1 saturated heterocycles. The number of nitrogens with one attached hydrogen (secondary N) is 2. The fraction of sp³-hybridized carbons (Fsp3) is 0.600. The first-order valence-electron chi connectivity index (χ1n) is 9.38. The summed E-state index contributed by atoms with van der Waals surface area (Å²) >= 11 is 0. The van der Waals surface area contributed by atoms with Gasteiger partial charge in [0.15, 0.2) is 0 Å². The summed E-state index contributed by atoms with van der Waals surface area (Å²) in [4.78, 5) is 24.9. The molecular formula is C20H31ClN2O5. The van der Waals surface area contributed by atoms with E-state index in [-0.39, 0.29) is 30.8 Å². The van der Waals surface area contributed by atoms with E-state index in [9.17, 15) is 9.59 Å². The molecule has 2 N–H and O–H groups in total. The fourth-order valence-corrected chi connectivity index (χ4v) is 3.31. The Morgan fingerprint density at radius 2 is 1.82 bits per heavy atom. The van der Waals surface area contributed by atoms with E-state index >= 15 is 0 Å². The van der Waals surface area contributed by atoms with Crippen LogP contribution in [0.5, 0.6) is 5.75 Å². The Labute approximate surface area is 172 Å². The average molecular weight is 415 g/mol. The predicted octanol–water partition coefficient (Wildman–Crippen LogP) is 1.72. The van der Waals surface area contributed by atoms with Crippen molar-refractivity contribution in [2.75, 3.05) is 40.5 Å². The van der Waals surface area contributed by atoms with Gasteiger partial charge in [-0.05, 0) is 57.0 Å². The summed E-state index contributed by atoms with van der Waals surface area (Å²) in [5, 5.41) is 6.12. The molecule has 2 rings (SSSR count).